The number of fused-ring (bicyclic) bond motifs is 1. The summed E-state index contributed by atoms with van der Waals surface area (Å²) in [5.74, 6) is 6.31. The lowest BCUT2D eigenvalue weighted by Gasteiger charge is -2.26. The number of aliphatic hydroxyl groups is 1. The van der Waals surface area contributed by atoms with Gasteiger partial charge in [0.2, 0.25) is 0 Å². The molecule has 1 saturated carbocycles. The third-order valence-electron chi connectivity index (χ3n) is 3.90. The van der Waals surface area contributed by atoms with Crippen molar-refractivity contribution in [2.45, 2.75) is 37.7 Å². The maximum Gasteiger partial charge on any atom is 0.125 e. The summed E-state index contributed by atoms with van der Waals surface area (Å²) >= 11 is 0. The van der Waals surface area contributed by atoms with Gasteiger partial charge in [-0.1, -0.05) is 54.7 Å². The molecule has 0 bridgehead atoms. The fraction of sp³-hybridized carbons (Fsp3) is 0.333. The molecular formula is C18H18O. The smallest absolute Gasteiger partial charge is 0.125 e. The molecule has 1 aliphatic carbocycles. The number of hydrogen-bond acceptors (Lipinski definition) is 1. The topological polar surface area (TPSA) is 20.2 Å². The average Bonchev–Trinajstić information content (AvgIpc) is 2.46. The summed E-state index contributed by atoms with van der Waals surface area (Å²) in [6.07, 6.45) is 5.01. The maximum absolute atomic E-state index is 10.4. The SMILES string of the molecule is OC1(C#Cc2cccc3ccccc23)CCCCC1. The van der Waals surface area contributed by atoms with Crippen LogP contribution in [0, 0.1) is 11.8 Å². The minimum Gasteiger partial charge on any atom is -0.378 e. The van der Waals surface area contributed by atoms with Crippen LogP contribution in [0.4, 0.5) is 0 Å². The van der Waals surface area contributed by atoms with Crippen LogP contribution in [0.15, 0.2) is 42.5 Å². The van der Waals surface area contributed by atoms with Crippen LogP contribution in [0.25, 0.3) is 10.8 Å². The van der Waals surface area contributed by atoms with Crippen LogP contribution < -0.4 is 0 Å². The van der Waals surface area contributed by atoms with Gasteiger partial charge in [-0.15, -0.1) is 0 Å². The second-order valence-corrected chi connectivity index (χ2v) is 5.37. The van der Waals surface area contributed by atoms with E-state index in [-0.39, 0.29) is 0 Å². The molecule has 2 aromatic carbocycles. The quantitative estimate of drug-likeness (QED) is 0.703. The lowest BCUT2D eigenvalue weighted by Crippen LogP contribution is -2.29. The second-order valence-electron chi connectivity index (χ2n) is 5.37. The molecule has 1 N–H and O–H groups in total. The van der Waals surface area contributed by atoms with Crippen molar-refractivity contribution in [2.24, 2.45) is 0 Å². The molecule has 3 rings (SSSR count). The van der Waals surface area contributed by atoms with E-state index in [0.29, 0.717) is 0 Å². The molecule has 0 aliphatic heterocycles. The molecule has 0 atom stereocenters. The highest BCUT2D eigenvalue weighted by molar-refractivity contribution is 5.88. The fourth-order valence-electron chi connectivity index (χ4n) is 2.78. The zero-order valence-electron chi connectivity index (χ0n) is 11.0. The van der Waals surface area contributed by atoms with Crippen molar-refractivity contribution >= 4 is 10.8 Å². The highest BCUT2D eigenvalue weighted by atomic mass is 16.3. The van der Waals surface area contributed by atoms with Gasteiger partial charge in [0.15, 0.2) is 0 Å². The van der Waals surface area contributed by atoms with Crippen molar-refractivity contribution in [3.8, 4) is 11.8 Å². The van der Waals surface area contributed by atoms with E-state index < -0.39 is 5.60 Å². The van der Waals surface area contributed by atoms with Crippen LogP contribution in [-0.2, 0) is 0 Å². The van der Waals surface area contributed by atoms with Crippen molar-refractivity contribution in [3.05, 3.63) is 48.0 Å². The molecule has 0 amide bonds. The Morgan fingerprint density at radius 1 is 0.895 bits per heavy atom. The summed E-state index contributed by atoms with van der Waals surface area (Å²) in [6.45, 7) is 0. The first-order valence-electron chi connectivity index (χ1n) is 7.00. The molecule has 19 heavy (non-hydrogen) atoms. The molecule has 0 radical (unpaired) electrons. The van der Waals surface area contributed by atoms with Crippen LogP contribution in [0.2, 0.25) is 0 Å². The van der Waals surface area contributed by atoms with Gasteiger partial charge in [0.1, 0.15) is 5.60 Å². The van der Waals surface area contributed by atoms with Crippen molar-refractivity contribution < 1.29 is 5.11 Å². The van der Waals surface area contributed by atoms with Gasteiger partial charge >= 0.3 is 0 Å². The third-order valence-corrected chi connectivity index (χ3v) is 3.90. The summed E-state index contributed by atoms with van der Waals surface area (Å²) < 4.78 is 0. The Labute approximate surface area is 114 Å². The van der Waals surface area contributed by atoms with Crippen LogP contribution in [0.5, 0.6) is 0 Å². The third kappa shape index (κ3) is 2.64. The van der Waals surface area contributed by atoms with Gasteiger partial charge in [-0.05, 0) is 42.5 Å². The Morgan fingerprint density at radius 3 is 2.47 bits per heavy atom. The fourth-order valence-corrected chi connectivity index (χ4v) is 2.78. The van der Waals surface area contributed by atoms with E-state index in [2.05, 4.69) is 30.0 Å². The van der Waals surface area contributed by atoms with Crippen LogP contribution in [0.1, 0.15) is 37.7 Å². The molecule has 0 heterocycles. The molecule has 2 aromatic rings. The second kappa shape index (κ2) is 5.07. The normalized spacial score (nSPS) is 17.7. The van der Waals surface area contributed by atoms with Gasteiger partial charge < -0.3 is 5.11 Å². The predicted molar refractivity (Wildman–Crippen MR) is 78.9 cm³/mol. The molecule has 1 aliphatic rings. The van der Waals surface area contributed by atoms with E-state index in [0.717, 1.165) is 36.6 Å². The number of rotatable bonds is 0. The van der Waals surface area contributed by atoms with E-state index >= 15 is 0 Å². The monoisotopic (exact) mass is 250 g/mol. The lowest BCUT2D eigenvalue weighted by atomic mass is 9.85. The molecule has 1 heteroatoms. The zero-order valence-corrected chi connectivity index (χ0v) is 11.0. The molecule has 0 aromatic heterocycles. The maximum atomic E-state index is 10.4. The number of benzene rings is 2. The molecule has 96 valence electrons. The number of hydrogen-bond donors (Lipinski definition) is 1. The first-order valence-corrected chi connectivity index (χ1v) is 7.00. The Kier molecular flexibility index (Phi) is 3.27. The summed E-state index contributed by atoms with van der Waals surface area (Å²) in [5, 5.41) is 12.8. The minimum absolute atomic E-state index is 0.769. The van der Waals surface area contributed by atoms with Crippen LogP contribution >= 0.6 is 0 Å². The highest BCUT2D eigenvalue weighted by Gasteiger charge is 2.26. The molecule has 0 spiro atoms. The first kappa shape index (κ1) is 12.3. The highest BCUT2D eigenvalue weighted by Crippen LogP contribution is 2.27. The van der Waals surface area contributed by atoms with Gasteiger partial charge in [0.05, 0.1) is 0 Å². The summed E-state index contributed by atoms with van der Waals surface area (Å²) in [5.41, 5.74) is 0.243. The Bertz CT molecular complexity index is 634. The molecule has 1 fully saturated rings. The van der Waals surface area contributed by atoms with E-state index in [1.807, 2.05) is 24.3 Å². The van der Waals surface area contributed by atoms with Crippen LogP contribution in [-0.4, -0.2) is 10.7 Å². The molecule has 1 nitrogen and oxygen atoms in total. The minimum atomic E-state index is -0.769. The standard InChI is InChI=1S/C18H18O/c19-18(12-4-1-5-13-18)14-11-16-9-6-8-15-7-2-3-10-17(15)16/h2-3,6-10,19H,1,4-5,12-13H2. The molecular weight excluding hydrogens is 232 g/mol. The van der Waals surface area contributed by atoms with E-state index in [4.69, 9.17) is 0 Å². The summed E-state index contributed by atoms with van der Waals surface area (Å²) in [6, 6.07) is 14.4. The van der Waals surface area contributed by atoms with Crippen molar-refractivity contribution in [1.82, 2.24) is 0 Å². The van der Waals surface area contributed by atoms with E-state index in [1.54, 1.807) is 0 Å². The summed E-state index contributed by atoms with van der Waals surface area (Å²) in [4.78, 5) is 0. The van der Waals surface area contributed by atoms with E-state index in [9.17, 15) is 5.11 Å². The van der Waals surface area contributed by atoms with Gasteiger partial charge in [-0.25, -0.2) is 0 Å². The van der Waals surface area contributed by atoms with Crippen molar-refractivity contribution in [3.63, 3.8) is 0 Å². The molecule has 0 unspecified atom stereocenters. The van der Waals surface area contributed by atoms with Crippen LogP contribution in [0.3, 0.4) is 0 Å². The largest absolute Gasteiger partial charge is 0.378 e. The van der Waals surface area contributed by atoms with E-state index in [1.165, 1.54) is 11.8 Å². The lowest BCUT2D eigenvalue weighted by molar-refractivity contribution is 0.0610. The summed E-state index contributed by atoms with van der Waals surface area (Å²) in [7, 11) is 0. The van der Waals surface area contributed by atoms with Gasteiger partial charge in [0, 0.05) is 5.56 Å². The Balaban J connectivity index is 1.98. The van der Waals surface area contributed by atoms with Gasteiger partial charge in [0.25, 0.3) is 0 Å². The van der Waals surface area contributed by atoms with Crippen molar-refractivity contribution in [1.29, 1.82) is 0 Å². The van der Waals surface area contributed by atoms with Gasteiger partial charge in [-0.3, -0.25) is 0 Å². The van der Waals surface area contributed by atoms with Gasteiger partial charge in [-0.2, -0.15) is 0 Å². The molecule has 0 saturated heterocycles. The zero-order chi connectivity index (χ0) is 13.1. The Hall–Kier alpha value is -1.78. The predicted octanol–water partition coefficient (Wildman–Crippen LogP) is 3.89. The van der Waals surface area contributed by atoms with Crippen molar-refractivity contribution in [2.75, 3.05) is 0 Å². The first-order chi connectivity index (χ1) is 9.27. The average molecular weight is 250 g/mol. The Morgan fingerprint density at radius 2 is 1.63 bits per heavy atom.